The number of rotatable bonds is 6. The molecule has 5 heteroatoms. The molecule has 0 aromatic heterocycles. The first-order valence-electron chi connectivity index (χ1n) is 5.40. The first-order valence-corrected chi connectivity index (χ1v) is 5.40. The van der Waals surface area contributed by atoms with Gasteiger partial charge in [-0.05, 0) is 18.9 Å². The third-order valence-electron chi connectivity index (χ3n) is 2.09. The van der Waals surface area contributed by atoms with Gasteiger partial charge in [0.25, 0.3) is 0 Å². The van der Waals surface area contributed by atoms with E-state index in [0.717, 1.165) is 0 Å². The van der Waals surface area contributed by atoms with Crippen LogP contribution in [-0.2, 0) is 9.59 Å². The van der Waals surface area contributed by atoms with Gasteiger partial charge in [-0.25, -0.2) is 0 Å². The molecule has 0 aromatic carbocycles. The maximum absolute atomic E-state index is 11.2. The van der Waals surface area contributed by atoms with Crippen molar-refractivity contribution in [2.45, 2.75) is 27.2 Å². The number of amides is 1. The Labute approximate surface area is 96.6 Å². The number of aliphatic carboxylic acids is 1. The molecule has 0 saturated carbocycles. The van der Waals surface area contributed by atoms with Crippen LogP contribution in [0.1, 0.15) is 27.2 Å². The highest BCUT2D eigenvalue weighted by Gasteiger charge is 2.24. The molecule has 0 aliphatic rings. The van der Waals surface area contributed by atoms with E-state index in [0.29, 0.717) is 6.42 Å². The van der Waals surface area contributed by atoms with Crippen LogP contribution >= 0.6 is 0 Å². The largest absolute Gasteiger partial charge is 0.481 e. The van der Waals surface area contributed by atoms with E-state index in [1.54, 1.807) is 7.05 Å². The fourth-order valence-electron chi connectivity index (χ4n) is 1.45. The highest BCUT2D eigenvalue weighted by atomic mass is 16.4. The van der Waals surface area contributed by atoms with Gasteiger partial charge in [0, 0.05) is 6.54 Å². The van der Waals surface area contributed by atoms with Crippen LogP contribution < -0.4 is 10.6 Å². The monoisotopic (exact) mass is 230 g/mol. The molecule has 0 aliphatic carbocycles. The maximum Gasteiger partial charge on any atom is 0.308 e. The highest BCUT2D eigenvalue weighted by molar-refractivity contribution is 5.79. The molecule has 0 radical (unpaired) electrons. The highest BCUT2D eigenvalue weighted by Crippen LogP contribution is 2.24. The number of hydrogen-bond donors (Lipinski definition) is 3. The molecule has 1 amide bonds. The van der Waals surface area contributed by atoms with Crippen LogP contribution in [0.5, 0.6) is 0 Å². The average Bonchev–Trinajstić information content (AvgIpc) is 2.10. The summed E-state index contributed by atoms with van der Waals surface area (Å²) in [5, 5.41) is 14.3. The van der Waals surface area contributed by atoms with E-state index >= 15 is 0 Å². The summed E-state index contributed by atoms with van der Waals surface area (Å²) in [6.07, 6.45) is 0.544. The van der Waals surface area contributed by atoms with Crippen molar-refractivity contribution < 1.29 is 14.7 Å². The van der Waals surface area contributed by atoms with Crippen LogP contribution in [0.4, 0.5) is 0 Å². The molecule has 0 aliphatic heterocycles. The van der Waals surface area contributed by atoms with Gasteiger partial charge in [0.2, 0.25) is 5.91 Å². The summed E-state index contributed by atoms with van der Waals surface area (Å²) in [6, 6.07) is 0. The van der Waals surface area contributed by atoms with Crippen molar-refractivity contribution >= 4 is 11.9 Å². The molecule has 0 saturated heterocycles. The summed E-state index contributed by atoms with van der Waals surface area (Å²) < 4.78 is 0. The summed E-state index contributed by atoms with van der Waals surface area (Å²) in [7, 11) is 1.67. The lowest BCUT2D eigenvalue weighted by Crippen LogP contribution is -2.38. The zero-order valence-electron chi connectivity index (χ0n) is 10.5. The second kappa shape index (κ2) is 6.48. The lowest BCUT2D eigenvalue weighted by Gasteiger charge is -2.23. The van der Waals surface area contributed by atoms with Gasteiger partial charge in [0.15, 0.2) is 0 Å². The molecule has 94 valence electrons. The summed E-state index contributed by atoms with van der Waals surface area (Å²) in [5.41, 5.74) is -0.0587. The molecular formula is C11H22N2O3. The molecular weight excluding hydrogens is 208 g/mol. The second-order valence-corrected chi connectivity index (χ2v) is 5.13. The normalized spacial score (nSPS) is 13.2. The summed E-state index contributed by atoms with van der Waals surface area (Å²) in [4.78, 5) is 22.1. The number of carboxylic acids is 1. The van der Waals surface area contributed by atoms with Crippen molar-refractivity contribution in [3.63, 3.8) is 0 Å². The summed E-state index contributed by atoms with van der Waals surface area (Å²) in [5.74, 6) is -1.57. The molecule has 0 aromatic rings. The van der Waals surface area contributed by atoms with Crippen molar-refractivity contribution in [3.05, 3.63) is 0 Å². The Balaban J connectivity index is 4.15. The standard InChI is InChI=1S/C11H22N2O3/c1-11(2,3)5-8(10(15)16)6-13-9(14)7-12-4/h8,12H,5-7H2,1-4H3,(H,13,14)(H,15,16). The molecule has 5 nitrogen and oxygen atoms in total. The molecule has 1 unspecified atom stereocenters. The van der Waals surface area contributed by atoms with E-state index in [2.05, 4.69) is 10.6 Å². The topological polar surface area (TPSA) is 78.4 Å². The number of carboxylic acid groups (broad SMARTS) is 1. The van der Waals surface area contributed by atoms with E-state index in [1.807, 2.05) is 20.8 Å². The Kier molecular flexibility index (Phi) is 6.03. The van der Waals surface area contributed by atoms with E-state index < -0.39 is 11.9 Å². The maximum atomic E-state index is 11.2. The van der Waals surface area contributed by atoms with Gasteiger partial charge < -0.3 is 15.7 Å². The number of likely N-dealkylation sites (N-methyl/N-ethyl adjacent to an activating group) is 1. The lowest BCUT2D eigenvalue weighted by atomic mass is 9.84. The zero-order valence-corrected chi connectivity index (χ0v) is 10.5. The molecule has 0 bridgehead atoms. The first kappa shape index (κ1) is 14.9. The van der Waals surface area contributed by atoms with Gasteiger partial charge in [-0.2, -0.15) is 0 Å². The van der Waals surface area contributed by atoms with Gasteiger partial charge in [-0.15, -0.1) is 0 Å². The summed E-state index contributed by atoms with van der Waals surface area (Å²) in [6.45, 7) is 6.35. The molecule has 0 rings (SSSR count). The van der Waals surface area contributed by atoms with Crippen molar-refractivity contribution in [2.24, 2.45) is 11.3 Å². The third kappa shape index (κ3) is 7.23. The Morgan fingerprint density at radius 3 is 2.25 bits per heavy atom. The van der Waals surface area contributed by atoms with E-state index in [-0.39, 0.29) is 24.4 Å². The Morgan fingerprint density at radius 1 is 1.31 bits per heavy atom. The van der Waals surface area contributed by atoms with Crippen LogP contribution in [0.2, 0.25) is 0 Å². The van der Waals surface area contributed by atoms with Crippen LogP contribution in [0.3, 0.4) is 0 Å². The minimum atomic E-state index is -0.861. The van der Waals surface area contributed by atoms with Crippen molar-refractivity contribution in [1.29, 1.82) is 0 Å². The number of hydrogen-bond acceptors (Lipinski definition) is 3. The SMILES string of the molecule is CNCC(=O)NCC(CC(C)(C)C)C(=O)O. The fourth-order valence-corrected chi connectivity index (χ4v) is 1.45. The first-order chi connectivity index (χ1) is 7.26. The second-order valence-electron chi connectivity index (χ2n) is 5.13. The zero-order chi connectivity index (χ0) is 12.8. The van der Waals surface area contributed by atoms with E-state index in [9.17, 15) is 9.59 Å². The predicted molar refractivity (Wildman–Crippen MR) is 62.1 cm³/mol. The molecule has 16 heavy (non-hydrogen) atoms. The van der Waals surface area contributed by atoms with Crippen LogP contribution in [0.25, 0.3) is 0 Å². The predicted octanol–water partition coefficient (Wildman–Crippen LogP) is 0.459. The van der Waals surface area contributed by atoms with Gasteiger partial charge in [0.05, 0.1) is 12.5 Å². The fraction of sp³-hybridized carbons (Fsp3) is 0.818. The number of nitrogens with one attached hydrogen (secondary N) is 2. The van der Waals surface area contributed by atoms with Gasteiger partial charge in [-0.3, -0.25) is 9.59 Å². The molecule has 1 atom stereocenters. The van der Waals surface area contributed by atoms with Crippen molar-refractivity contribution in [3.8, 4) is 0 Å². The average molecular weight is 230 g/mol. The van der Waals surface area contributed by atoms with Gasteiger partial charge in [-0.1, -0.05) is 20.8 Å². The van der Waals surface area contributed by atoms with Crippen LogP contribution in [0, 0.1) is 11.3 Å². The van der Waals surface area contributed by atoms with Gasteiger partial charge in [0.1, 0.15) is 0 Å². The third-order valence-corrected chi connectivity index (χ3v) is 2.09. The van der Waals surface area contributed by atoms with Crippen molar-refractivity contribution in [1.82, 2.24) is 10.6 Å². The van der Waals surface area contributed by atoms with Crippen LogP contribution in [0.15, 0.2) is 0 Å². The van der Waals surface area contributed by atoms with Crippen molar-refractivity contribution in [2.75, 3.05) is 20.1 Å². The Bertz CT molecular complexity index is 246. The molecule has 0 heterocycles. The van der Waals surface area contributed by atoms with Gasteiger partial charge >= 0.3 is 5.97 Å². The lowest BCUT2D eigenvalue weighted by molar-refractivity contribution is -0.142. The van der Waals surface area contributed by atoms with Crippen LogP contribution in [-0.4, -0.2) is 37.1 Å². The Morgan fingerprint density at radius 2 is 1.88 bits per heavy atom. The minimum absolute atomic E-state index is 0.0587. The Hall–Kier alpha value is -1.10. The molecule has 3 N–H and O–H groups in total. The number of carbonyl (C=O) groups excluding carboxylic acids is 1. The molecule has 0 fully saturated rings. The van der Waals surface area contributed by atoms with E-state index in [4.69, 9.17) is 5.11 Å². The number of carbonyl (C=O) groups is 2. The smallest absolute Gasteiger partial charge is 0.308 e. The van der Waals surface area contributed by atoms with E-state index in [1.165, 1.54) is 0 Å². The molecule has 0 spiro atoms. The quantitative estimate of drug-likeness (QED) is 0.619. The minimum Gasteiger partial charge on any atom is -0.481 e. The summed E-state index contributed by atoms with van der Waals surface area (Å²) >= 11 is 0.